The zero-order valence-corrected chi connectivity index (χ0v) is 12.7. The monoisotopic (exact) mass is 295 g/mol. The summed E-state index contributed by atoms with van der Waals surface area (Å²) >= 11 is 7.67. The Morgan fingerprint density at radius 3 is 2.68 bits per heavy atom. The highest BCUT2D eigenvalue weighted by atomic mass is 35.5. The Labute approximate surface area is 123 Å². The van der Waals surface area contributed by atoms with Gasteiger partial charge in [-0.15, -0.1) is 11.3 Å². The summed E-state index contributed by atoms with van der Waals surface area (Å²) < 4.78 is 6.28. The van der Waals surface area contributed by atoms with Crippen molar-refractivity contribution >= 4 is 22.9 Å². The number of ether oxygens (including phenoxy) is 1. The molecule has 1 N–H and O–H groups in total. The fraction of sp³-hybridized carbons (Fsp3) is 0.333. The lowest BCUT2D eigenvalue weighted by atomic mass is 10.0. The number of hydrogen-bond donors (Lipinski definition) is 1. The highest BCUT2D eigenvalue weighted by Crippen LogP contribution is 2.35. The number of benzene rings is 1. The number of hydrogen-bond acceptors (Lipinski definition) is 3. The second kappa shape index (κ2) is 6.94. The van der Waals surface area contributed by atoms with Gasteiger partial charge < -0.3 is 10.1 Å². The lowest BCUT2D eigenvalue weighted by molar-refractivity contribution is 0.404. The van der Waals surface area contributed by atoms with Gasteiger partial charge in [0.1, 0.15) is 5.75 Å². The maximum atomic E-state index is 6.06. The molecule has 1 atom stereocenters. The lowest BCUT2D eigenvalue weighted by Gasteiger charge is -2.20. The molecule has 0 aliphatic rings. The Hall–Kier alpha value is -1.03. The van der Waals surface area contributed by atoms with Gasteiger partial charge in [-0.25, -0.2) is 0 Å². The fourth-order valence-electron chi connectivity index (χ4n) is 2.04. The van der Waals surface area contributed by atoms with Crippen LogP contribution < -0.4 is 10.1 Å². The van der Waals surface area contributed by atoms with E-state index in [1.54, 1.807) is 18.4 Å². The number of nitrogens with one attached hydrogen (secondary N) is 1. The summed E-state index contributed by atoms with van der Waals surface area (Å²) in [6, 6.07) is 12.3. The van der Waals surface area contributed by atoms with Crippen LogP contribution in [0.1, 0.15) is 29.8 Å². The van der Waals surface area contributed by atoms with Gasteiger partial charge in [-0.05, 0) is 31.2 Å². The molecule has 2 nitrogen and oxygen atoms in total. The molecule has 0 aliphatic carbocycles. The van der Waals surface area contributed by atoms with Gasteiger partial charge in [-0.3, -0.25) is 0 Å². The van der Waals surface area contributed by atoms with Gasteiger partial charge in [-0.1, -0.05) is 36.7 Å². The van der Waals surface area contributed by atoms with Crippen molar-refractivity contribution in [2.24, 2.45) is 0 Å². The Morgan fingerprint density at radius 2 is 2.05 bits per heavy atom. The molecule has 1 unspecified atom stereocenters. The van der Waals surface area contributed by atoms with Crippen LogP contribution in [0.3, 0.4) is 0 Å². The molecule has 2 aromatic rings. The van der Waals surface area contributed by atoms with Crippen molar-refractivity contribution < 1.29 is 4.74 Å². The average Bonchev–Trinajstić information content (AvgIpc) is 2.86. The minimum absolute atomic E-state index is 0.133. The average molecular weight is 296 g/mol. The second-order valence-corrected chi connectivity index (χ2v) is 6.02. The predicted molar refractivity (Wildman–Crippen MR) is 82.5 cm³/mol. The summed E-state index contributed by atoms with van der Waals surface area (Å²) in [5.74, 6) is 0.903. The molecule has 4 heteroatoms. The van der Waals surface area contributed by atoms with Gasteiger partial charge in [0, 0.05) is 10.4 Å². The minimum atomic E-state index is 0.133. The highest BCUT2D eigenvalue weighted by Gasteiger charge is 2.18. The maximum absolute atomic E-state index is 6.06. The Bertz CT molecular complexity index is 526. The van der Waals surface area contributed by atoms with E-state index in [-0.39, 0.29) is 6.04 Å². The third-order valence-electron chi connectivity index (χ3n) is 2.93. The van der Waals surface area contributed by atoms with E-state index in [0.717, 1.165) is 28.6 Å². The highest BCUT2D eigenvalue weighted by molar-refractivity contribution is 7.16. The van der Waals surface area contributed by atoms with Crippen LogP contribution in [0.5, 0.6) is 5.75 Å². The molecule has 19 heavy (non-hydrogen) atoms. The first kappa shape index (κ1) is 14.4. The summed E-state index contributed by atoms with van der Waals surface area (Å²) in [6.45, 7) is 3.12. The first-order valence-electron chi connectivity index (χ1n) is 6.37. The van der Waals surface area contributed by atoms with Crippen molar-refractivity contribution in [2.75, 3.05) is 13.7 Å². The molecule has 0 radical (unpaired) electrons. The molecule has 1 aromatic carbocycles. The van der Waals surface area contributed by atoms with Crippen molar-refractivity contribution in [3.05, 3.63) is 51.2 Å². The summed E-state index contributed by atoms with van der Waals surface area (Å²) in [7, 11) is 1.71. The number of methoxy groups -OCH3 is 1. The van der Waals surface area contributed by atoms with Crippen LogP contribution in [-0.2, 0) is 0 Å². The number of rotatable bonds is 6. The quantitative estimate of drug-likeness (QED) is 0.847. The molecule has 0 spiro atoms. The van der Waals surface area contributed by atoms with E-state index in [4.69, 9.17) is 16.3 Å². The van der Waals surface area contributed by atoms with Gasteiger partial charge >= 0.3 is 0 Å². The zero-order valence-electron chi connectivity index (χ0n) is 11.2. The molecular formula is C15H18ClNOS. The van der Waals surface area contributed by atoms with Gasteiger partial charge in [0.05, 0.1) is 17.5 Å². The van der Waals surface area contributed by atoms with Crippen LogP contribution in [0.4, 0.5) is 0 Å². The van der Waals surface area contributed by atoms with E-state index in [2.05, 4.69) is 24.4 Å². The standard InChI is InChI=1S/C15H18ClNOS/c1-3-10-17-15(13-8-9-14(16)19-13)11-6-4-5-7-12(11)18-2/h4-9,15,17H,3,10H2,1-2H3. The topological polar surface area (TPSA) is 21.3 Å². The van der Waals surface area contributed by atoms with Crippen LogP contribution in [0.2, 0.25) is 4.34 Å². The van der Waals surface area contributed by atoms with Gasteiger partial charge in [0.2, 0.25) is 0 Å². The SMILES string of the molecule is CCCNC(c1ccc(Cl)s1)c1ccccc1OC. The van der Waals surface area contributed by atoms with E-state index in [9.17, 15) is 0 Å². The summed E-state index contributed by atoms with van der Waals surface area (Å²) in [4.78, 5) is 1.21. The minimum Gasteiger partial charge on any atom is -0.496 e. The van der Waals surface area contributed by atoms with Crippen molar-refractivity contribution in [2.45, 2.75) is 19.4 Å². The van der Waals surface area contributed by atoms with E-state index < -0.39 is 0 Å². The molecule has 0 fully saturated rings. The van der Waals surface area contributed by atoms with Gasteiger partial charge in [-0.2, -0.15) is 0 Å². The Kier molecular flexibility index (Phi) is 5.25. The van der Waals surface area contributed by atoms with Crippen LogP contribution >= 0.6 is 22.9 Å². The molecule has 0 saturated heterocycles. The Morgan fingerprint density at radius 1 is 1.26 bits per heavy atom. The molecule has 1 heterocycles. The summed E-state index contributed by atoms with van der Waals surface area (Å²) in [6.07, 6.45) is 1.09. The van der Waals surface area contributed by atoms with Crippen molar-refractivity contribution in [1.29, 1.82) is 0 Å². The van der Waals surface area contributed by atoms with Crippen LogP contribution in [0.15, 0.2) is 36.4 Å². The molecular weight excluding hydrogens is 278 g/mol. The smallest absolute Gasteiger partial charge is 0.124 e. The van der Waals surface area contributed by atoms with Crippen LogP contribution in [0, 0.1) is 0 Å². The number of para-hydroxylation sites is 1. The third kappa shape index (κ3) is 3.50. The van der Waals surface area contributed by atoms with E-state index >= 15 is 0 Å². The molecule has 0 bridgehead atoms. The normalized spacial score (nSPS) is 12.4. The summed E-state index contributed by atoms with van der Waals surface area (Å²) in [5.41, 5.74) is 1.15. The van der Waals surface area contributed by atoms with E-state index in [1.807, 2.05) is 24.3 Å². The molecule has 1 aromatic heterocycles. The third-order valence-corrected chi connectivity index (χ3v) is 4.22. The van der Waals surface area contributed by atoms with Crippen LogP contribution in [0.25, 0.3) is 0 Å². The molecule has 0 aliphatic heterocycles. The van der Waals surface area contributed by atoms with Gasteiger partial charge in [0.15, 0.2) is 0 Å². The zero-order chi connectivity index (χ0) is 13.7. The predicted octanol–water partition coefficient (Wildman–Crippen LogP) is 4.50. The molecule has 102 valence electrons. The molecule has 0 saturated carbocycles. The Balaban J connectivity index is 2.36. The first-order chi connectivity index (χ1) is 9.26. The second-order valence-electron chi connectivity index (χ2n) is 4.27. The summed E-state index contributed by atoms with van der Waals surface area (Å²) in [5, 5.41) is 3.56. The fourth-order valence-corrected chi connectivity index (χ4v) is 3.20. The van der Waals surface area contributed by atoms with E-state index in [1.165, 1.54) is 4.88 Å². The van der Waals surface area contributed by atoms with Crippen molar-refractivity contribution in [3.8, 4) is 5.75 Å². The largest absolute Gasteiger partial charge is 0.496 e. The number of halogens is 1. The molecule has 2 rings (SSSR count). The van der Waals surface area contributed by atoms with E-state index in [0.29, 0.717) is 0 Å². The lowest BCUT2D eigenvalue weighted by Crippen LogP contribution is -2.22. The first-order valence-corrected chi connectivity index (χ1v) is 7.57. The van der Waals surface area contributed by atoms with Gasteiger partial charge in [0.25, 0.3) is 0 Å². The number of thiophene rings is 1. The van der Waals surface area contributed by atoms with Crippen molar-refractivity contribution in [3.63, 3.8) is 0 Å². The molecule has 0 amide bonds. The van der Waals surface area contributed by atoms with Crippen LogP contribution in [-0.4, -0.2) is 13.7 Å². The van der Waals surface area contributed by atoms with Crippen molar-refractivity contribution in [1.82, 2.24) is 5.32 Å². The maximum Gasteiger partial charge on any atom is 0.124 e.